The number of nitrogens with one attached hydrogen (secondary N) is 1. The molecule has 6 heteroatoms. The first-order valence-electron chi connectivity index (χ1n) is 5.50. The molecule has 0 aliphatic heterocycles. The Hall–Kier alpha value is -1.43. The number of amides is 1. The first-order valence-corrected chi connectivity index (χ1v) is 7.13. The van der Waals surface area contributed by atoms with Crippen molar-refractivity contribution in [1.29, 1.82) is 0 Å². The molecule has 1 aromatic rings. The number of carbonyl (C=O) groups is 1. The summed E-state index contributed by atoms with van der Waals surface area (Å²) in [6, 6.07) is 3.19. The number of phenols is 1. The maximum atomic E-state index is 12.9. The highest BCUT2D eigenvalue weighted by atomic mass is 32.2. The summed E-state index contributed by atoms with van der Waals surface area (Å²) in [5.41, 5.74) is -0.0970. The summed E-state index contributed by atoms with van der Waals surface area (Å²) in [5.74, 6) is -1.39. The Kier molecular flexibility index (Phi) is 5.27. The zero-order chi connectivity index (χ0) is 13.7. The summed E-state index contributed by atoms with van der Waals surface area (Å²) < 4.78 is 24.0. The third kappa shape index (κ3) is 4.10. The van der Waals surface area contributed by atoms with Crippen LogP contribution in [0.1, 0.15) is 23.7 Å². The molecule has 0 saturated carbocycles. The molecule has 1 rings (SSSR count). The zero-order valence-corrected chi connectivity index (χ0v) is 11.1. The molecular weight excluding hydrogens is 257 g/mol. The Morgan fingerprint density at radius 2 is 2.22 bits per heavy atom. The van der Waals surface area contributed by atoms with E-state index in [1.807, 2.05) is 6.92 Å². The lowest BCUT2D eigenvalue weighted by Gasteiger charge is -2.10. The zero-order valence-electron chi connectivity index (χ0n) is 10.3. The molecule has 1 aromatic carbocycles. The Bertz CT molecular complexity index is 465. The molecule has 0 aromatic heterocycles. The normalized spacial score (nSPS) is 13.9. The van der Waals surface area contributed by atoms with Crippen LogP contribution in [0.15, 0.2) is 18.2 Å². The Morgan fingerprint density at radius 3 is 2.83 bits per heavy atom. The van der Waals surface area contributed by atoms with E-state index < -0.39 is 22.5 Å². The van der Waals surface area contributed by atoms with Gasteiger partial charge in [-0.1, -0.05) is 6.92 Å². The molecule has 2 unspecified atom stereocenters. The summed E-state index contributed by atoms with van der Waals surface area (Å²) in [6.45, 7) is 2.15. The van der Waals surface area contributed by atoms with Gasteiger partial charge in [0.25, 0.3) is 5.91 Å². The van der Waals surface area contributed by atoms with Crippen LogP contribution in [0.2, 0.25) is 0 Å². The van der Waals surface area contributed by atoms with Crippen molar-refractivity contribution < 1.29 is 18.5 Å². The fourth-order valence-electron chi connectivity index (χ4n) is 1.34. The number of aromatic hydroxyl groups is 1. The van der Waals surface area contributed by atoms with Gasteiger partial charge in [0.05, 0.1) is 5.56 Å². The second-order valence-corrected chi connectivity index (χ2v) is 5.82. The van der Waals surface area contributed by atoms with Gasteiger partial charge in [0.2, 0.25) is 0 Å². The molecular formula is C12H16FNO3S. The van der Waals surface area contributed by atoms with Gasteiger partial charge in [-0.2, -0.15) is 0 Å². The van der Waals surface area contributed by atoms with Crippen LogP contribution in [0.5, 0.6) is 5.75 Å². The van der Waals surface area contributed by atoms with Crippen molar-refractivity contribution in [3.63, 3.8) is 0 Å². The number of benzene rings is 1. The molecule has 0 aliphatic carbocycles. The van der Waals surface area contributed by atoms with Gasteiger partial charge in [-0.3, -0.25) is 9.00 Å². The highest BCUT2D eigenvalue weighted by Crippen LogP contribution is 2.17. The first kappa shape index (κ1) is 14.6. The molecule has 0 saturated heterocycles. The van der Waals surface area contributed by atoms with E-state index in [1.54, 1.807) is 6.26 Å². The topological polar surface area (TPSA) is 66.4 Å². The van der Waals surface area contributed by atoms with E-state index in [-0.39, 0.29) is 16.6 Å². The van der Waals surface area contributed by atoms with Crippen LogP contribution in [0.3, 0.4) is 0 Å². The van der Waals surface area contributed by atoms with Gasteiger partial charge in [0.1, 0.15) is 11.6 Å². The van der Waals surface area contributed by atoms with Gasteiger partial charge in [-0.25, -0.2) is 4.39 Å². The molecule has 2 atom stereocenters. The fraction of sp³-hybridized carbons (Fsp3) is 0.417. The quantitative estimate of drug-likeness (QED) is 0.852. The molecule has 0 radical (unpaired) electrons. The van der Waals surface area contributed by atoms with Crippen molar-refractivity contribution in [2.75, 3.05) is 12.8 Å². The van der Waals surface area contributed by atoms with Gasteiger partial charge in [-0.15, -0.1) is 0 Å². The lowest BCUT2D eigenvalue weighted by atomic mass is 10.2. The summed E-state index contributed by atoms with van der Waals surface area (Å²) in [7, 11) is -0.938. The van der Waals surface area contributed by atoms with Crippen LogP contribution in [-0.4, -0.2) is 33.3 Å². The third-order valence-corrected chi connectivity index (χ3v) is 3.98. The van der Waals surface area contributed by atoms with Gasteiger partial charge in [-0.05, 0) is 24.6 Å². The van der Waals surface area contributed by atoms with Crippen LogP contribution in [0, 0.1) is 5.82 Å². The fourth-order valence-corrected chi connectivity index (χ4v) is 1.79. The van der Waals surface area contributed by atoms with E-state index >= 15 is 0 Å². The van der Waals surface area contributed by atoms with Gasteiger partial charge in [0, 0.05) is 28.9 Å². The van der Waals surface area contributed by atoms with E-state index in [4.69, 9.17) is 0 Å². The minimum atomic E-state index is -0.938. The van der Waals surface area contributed by atoms with Crippen LogP contribution < -0.4 is 5.32 Å². The summed E-state index contributed by atoms with van der Waals surface area (Å²) in [4.78, 5) is 11.7. The number of hydrogen-bond acceptors (Lipinski definition) is 3. The standard InChI is InChI=1S/C12H16FNO3S/c1-8(18(2)17)5-6-14-12(16)10-7-9(13)3-4-11(10)15/h3-4,7-8,15H,5-6H2,1-2H3,(H,14,16). The molecule has 18 heavy (non-hydrogen) atoms. The second-order valence-electron chi connectivity index (χ2n) is 4.02. The van der Waals surface area contributed by atoms with Crippen molar-refractivity contribution in [2.45, 2.75) is 18.6 Å². The number of carbonyl (C=O) groups excluding carboxylic acids is 1. The minimum absolute atomic E-state index is 0.0218. The van der Waals surface area contributed by atoms with E-state index in [9.17, 15) is 18.5 Å². The largest absolute Gasteiger partial charge is 0.507 e. The molecule has 0 fully saturated rings. The summed E-state index contributed by atoms with van der Waals surface area (Å²) in [6.07, 6.45) is 2.16. The molecule has 1 amide bonds. The van der Waals surface area contributed by atoms with Crippen LogP contribution >= 0.6 is 0 Å². The Morgan fingerprint density at radius 1 is 1.56 bits per heavy atom. The second kappa shape index (κ2) is 6.49. The Labute approximate surface area is 108 Å². The van der Waals surface area contributed by atoms with Crippen LogP contribution in [0.25, 0.3) is 0 Å². The molecule has 0 aliphatic rings. The average molecular weight is 273 g/mol. The van der Waals surface area contributed by atoms with Crippen molar-refractivity contribution in [3.8, 4) is 5.75 Å². The smallest absolute Gasteiger partial charge is 0.255 e. The molecule has 4 nitrogen and oxygen atoms in total. The van der Waals surface area contributed by atoms with Gasteiger partial charge >= 0.3 is 0 Å². The number of phenolic OH excluding ortho intramolecular Hbond substituents is 1. The SMILES string of the molecule is CC(CCNC(=O)c1cc(F)ccc1O)S(C)=O. The van der Waals surface area contributed by atoms with Crippen molar-refractivity contribution in [3.05, 3.63) is 29.6 Å². The number of halogens is 1. The van der Waals surface area contributed by atoms with E-state index in [0.717, 1.165) is 18.2 Å². The minimum Gasteiger partial charge on any atom is -0.507 e. The highest BCUT2D eigenvalue weighted by Gasteiger charge is 2.12. The molecule has 0 spiro atoms. The molecule has 100 valence electrons. The molecule has 2 N–H and O–H groups in total. The maximum absolute atomic E-state index is 12.9. The van der Waals surface area contributed by atoms with E-state index in [0.29, 0.717) is 13.0 Å². The number of rotatable bonds is 5. The summed E-state index contributed by atoms with van der Waals surface area (Å²) in [5, 5.41) is 12.0. The lowest BCUT2D eigenvalue weighted by Crippen LogP contribution is -2.27. The molecule has 0 heterocycles. The molecule has 0 bridgehead atoms. The van der Waals surface area contributed by atoms with Gasteiger partial charge in [0.15, 0.2) is 0 Å². The van der Waals surface area contributed by atoms with Crippen molar-refractivity contribution in [1.82, 2.24) is 5.32 Å². The van der Waals surface area contributed by atoms with E-state index in [1.165, 1.54) is 0 Å². The number of hydrogen-bond donors (Lipinski definition) is 2. The predicted octanol–water partition coefficient (Wildman–Crippen LogP) is 1.42. The lowest BCUT2D eigenvalue weighted by molar-refractivity contribution is 0.0950. The van der Waals surface area contributed by atoms with Gasteiger partial charge < -0.3 is 10.4 Å². The van der Waals surface area contributed by atoms with Crippen LogP contribution in [-0.2, 0) is 10.8 Å². The van der Waals surface area contributed by atoms with E-state index in [2.05, 4.69) is 5.32 Å². The van der Waals surface area contributed by atoms with Crippen LogP contribution in [0.4, 0.5) is 4.39 Å². The van der Waals surface area contributed by atoms with Crippen molar-refractivity contribution in [2.24, 2.45) is 0 Å². The highest BCUT2D eigenvalue weighted by molar-refractivity contribution is 7.84. The summed E-state index contributed by atoms with van der Waals surface area (Å²) >= 11 is 0. The predicted molar refractivity (Wildman–Crippen MR) is 68.5 cm³/mol. The first-order chi connectivity index (χ1) is 8.41. The average Bonchev–Trinajstić information content (AvgIpc) is 2.31. The Balaban J connectivity index is 2.55. The third-order valence-electron chi connectivity index (χ3n) is 2.61. The maximum Gasteiger partial charge on any atom is 0.255 e. The monoisotopic (exact) mass is 273 g/mol. The van der Waals surface area contributed by atoms with Crippen molar-refractivity contribution >= 4 is 16.7 Å².